The fourth-order valence-electron chi connectivity index (χ4n) is 4.55. The maximum atomic E-state index is 13.2. The van der Waals surface area contributed by atoms with Crippen LogP contribution in [-0.4, -0.2) is 36.5 Å². The van der Waals surface area contributed by atoms with Crippen molar-refractivity contribution in [1.82, 2.24) is 4.90 Å². The zero-order valence-electron chi connectivity index (χ0n) is 17.9. The Balaban J connectivity index is 1.45. The van der Waals surface area contributed by atoms with Crippen LogP contribution in [0.2, 0.25) is 5.02 Å². The molecule has 1 saturated heterocycles. The zero-order valence-corrected chi connectivity index (χ0v) is 19.5. The first-order valence-corrected chi connectivity index (χ1v) is 12.3. The molecule has 2 aliphatic rings. The number of halogens is 1. The minimum atomic E-state index is -0.315. The maximum Gasteiger partial charge on any atom is 0.341 e. The Morgan fingerprint density at radius 1 is 1.19 bits per heavy atom. The molecule has 0 radical (unpaired) electrons. The Morgan fingerprint density at radius 2 is 1.97 bits per heavy atom. The second-order valence-electron chi connectivity index (χ2n) is 8.33. The number of piperidine rings is 1. The van der Waals surface area contributed by atoms with E-state index >= 15 is 0 Å². The maximum absolute atomic E-state index is 13.2. The first-order valence-electron chi connectivity index (χ1n) is 11.1. The number of carbonyl (C=O) groups excluding carboxylic acids is 2. The number of hydrogen-bond donors (Lipinski definition) is 1. The van der Waals surface area contributed by atoms with Gasteiger partial charge in [-0.25, -0.2) is 4.79 Å². The third-order valence-corrected chi connectivity index (χ3v) is 7.54. The molecule has 5 nitrogen and oxygen atoms in total. The molecule has 0 spiro atoms. The van der Waals surface area contributed by atoms with Gasteiger partial charge in [-0.2, -0.15) is 0 Å². The monoisotopic (exact) mass is 460 g/mol. The number of nitrogens with one attached hydrogen (secondary N) is 1. The normalized spacial score (nSPS) is 19.0. The minimum absolute atomic E-state index is 0.00458. The molecule has 1 aromatic heterocycles. The van der Waals surface area contributed by atoms with Crippen molar-refractivity contribution in [2.75, 3.05) is 25.0 Å². The Hall–Kier alpha value is -1.89. The van der Waals surface area contributed by atoms with Gasteiger partial charge in [0.05, 0.1) is 18.1 Å². The van der Waals surface area contributed by atoms with Gasteiger partial charge in [0.15, 0.2) is 0 Å². The molecule has 1 fully saturated rings. The van der Waals surface area contributed by atoms with Gasteiger partial charge in [-0.3, -0.25) is 9.69 Å². The molecule has 2 aromatic rings. The van der Waals surface area contributed by atoms with Crippen molar-refractivity contribution in [3.63, 3.8) is 0 Å². The predicted molar refractivity (Wildman–Crippen MR) is 125 cm³/mol. The lowest BCUT2D eigenvalue weighted by Gasteiger charge is -2.32. The summed E-state index contributed by atoms with van der Waals surface area (Å²) >= 11 is 7.54. The van der Waals surface area contributed by atoms with Gasteiger partial charge < -0.3 is 10.1 Å². The van der Waals surface area contributed by atoms with Crippen LogP contribution in [0.1, 0.15) is 59.0 Å². The number of hydrogen-bond acceptors (Lipinski definition) is 5. The van der Waals surface area contributed by atoms with Gasteiger partial charge in [0.25, 0.3) is 0 Å². The highest BCUT2D eigenvalue weighted by molar-refractivity contribution is 7.17. The molecule has 1 N–H and O–H groups in total. The number of carbonyl (C=O) groups is 2. The summed E-state index contributed by atoms with van der Waals surface area (Å²) in [7, 11) is 0. The van der Waals surface area contributed by atoms with Gasteiger partial charge >= 0.3 is 5.97 Å². The molecule has 1 atom stereocenters. The topological polar surface area (TPSA) is 58.6 Å². The summed E-state index contributed by atoms with van der Waals surface area (Å²) in [5.74, 6) is -0.398. The van der Waals surface area contributed by atoms with Crippen LogP contribution >= 0.6 is 22.9 Å². The first kappa shape index (κ1) is 22.3. The smallest absolute Gasteiger partial charge is 0.341 e. The summed E-state index contributed by atoms with van der Waals surface area (Å²) in [5.41, 5.74) is 2.86. The van der Waals surface area contributed by atoms with Gasteiger partial charge in [-0.05, 0) is 75.3 Å². The molecule has 31 heavy (non-hydrogen) atoms. The van der Waals surface area contributed by atoms with Gasteiger partial charge in [0.1, 0.15) is 5.00 Å². The summed E-state index contributed by atoms with van der Waals surface area (Å²) in [5, 5.41) is 4.51. The van der Waals surface area contributed by atoms with Crippen molar-refractivity contribution in [2.24, 2.45) is 5.92 Å². The SMILES string of the molecule is CCOC(=O)c1c(NC(=O)C2CCCN(Cc3ccc(Cl)cc3)C2)sc2c1CCCC2. The number of esters is 1. The van der Waals surface area contributed by atoms with Gasteiger partial charge in [-0.1, -0.05) is 23.7 Å². The van der Waals surface area contributed by atoms with E-state index in [4.69, 9.17) is 16.3 Å². The van der Waals surface area contributed by atoms with Crippen molar-refractivity contribution in [1.29, 1.82) is 0 Å². The summed E-state index contributed by atoms with van der Waals surface area (Å²) < 4.78 is 5.31. The van der Waals surface area contributed by atoms with Gasteiger partial charge in [0, 0.05) is 23.0 Å². The molecule has 1 aliphatic heterocycles. The summed E-state index contributed by atoms with van der Waals surface area (Å²) in [6.07, 6.45) is 5.91. The van der Waals surface area contributed by atoms with Crippen molar-refractivity contribution in [3.8, 4) is 0 Å². The third-order valence-electron chi connectivity index (χ3n) is 6.08. The number of rotatable bonds is 6. The van der Waals surface area contributed by atoms with Crippen LogP contribution in [-0.2, 0) is 28.9 Å². The van der Waals surface area contributed by atoms with Gasteiger partial charge in [0.2, 0.25) is 5.91 Å². The van der Waals surface area contributed by atoms with Crippen LogP contribution in [0.15, 0.2) is 24.3 Å². The molecule has 7 heteroatoms. The summed E-state index contributed by atoms with van der Waals surface area (Å²) in [6, 6.07) is 7.88. The highest BCUT2D eigenvalue weighted by Gasteiger charge is 2.30. The van der Waals surface area contributed by atoms with E-state index in [-0.39, 0.29) is 17.8 Å². The Bertz CT molecular complexity index is 941. The van der Waals surface area contributed by atoms with E-state index in [0.29, 0.717) is 23.7 Å². The molecule has 1 aliphatic carbocycles. The van der Waals surface area contributed by atoms with Crippen LogP contribution in [0.4, 0.5) is 5.00 Å². The van der Waals surface area contributed by atoms with E-state index in [1.54, 1.807) is 11.3 Å². The Kier molecular flexibility index (Phi) is 7.31. The quantitative estimate of drug-likeness (QED) is 0.593. The second-order valence-corrected chi connectivity index (χ2v) is 9.87. The Labute approximate surface area is 192 Å². The van der Waals surface area contributed by atoms with Crippen LogP contribution in [0, 0.1) is 5.92 Å². The molecular weight excluding hydrogens is 432 g/mol. The summed E-state index contributed by atoms with van der Waals surface area (Å²) in [4.78, 5) is 29.3. The molecule has 2 heterocycles. The largest absolute Gasteiger partial charge is 0.462 e. The number of benzene rings is 1. The van der Waals surface area contributed by atoms with E-state index in [1.165, 1.54) is 10.4 Å². The number of thiophene rings is 1. The number of likely N-dealkylation sites (tertiary alicyclic amines) is 1. The van der Waals surface area contributed by atoms with Crippen molar-refractivity contribution >= 4 is 39.8 Å². The summed E-state index contributed by atoms with van der Waals surface area (Å²) in [6.45, 7) is 4.65. The average Bonchev–Trinajstić information content (AvgIpc) is 3.13. The molecule has 166 valence electrons. The second kappa shape index (κ2) is 10.2. The van der Waals surface area contributed by atoms with Gasteiger partial charge in [-0.15, -0.1) is 11.3 Å². The standard InChI is InChI=1S/C24H29ClN2O3S/c1-2-30-24(29)21-19-7-3-4-8-20(19)31-23(21)26-22(28)17-6-5-13-27(15-17)14-16-9-11-18(25)12-10-16/h9-12,17H,2-8,13-15H2,1H3,(H,26,28). The molecule has 0 bridgehead atoms. The lowest BCUT2D eigenvalue weighted by atomic mass is 9.95. The number of amides is 1. The highest BCUT2D eigenvalue weighted by Crippen LogP contribution is 2.39. The molecule has 0 saturated carbocycles. The number of nitrogens with zero attached hydrogens (tertiary/aromatic N) is 1. The van der Waals surface area contributed by atoms with E-state index in [9.17, 15) is 9.59 Å². The van der Waals surface area contributed by atoms with E-state index in [2.05, 4.69) is 10.2 Å². The number of anilines is 1. The average molecular weight is 461 g/mol. The molecule has 1 unspecified atom stereocenters. The van der Waals surface area contributed by atoms with E-state index in [1.807, 2.05) is 31.2 Å². The first-order chi connectivity index (χ1) is 15.0. The van der Waals surface area contributed by atoms with Crippen molar-refractivity contribution in [3.05, 3.63) is 50.9 Å². The van der Waals surface area contributed by atoms with Crippen LogP contribution in [0.3, 0.4) is 0 Å². The minimum Gasteiger partial charge on any atom is -0.462 e. The van der Waals surface area contributed by atoms with Crippen LogP contribution < -0.4 is 5.32 Å². The molecular formula is C24H29ClN2O3S. The fourth-order valence-corrected chi connectivity index (χ4v) is 5.95. The van der Waals surface area contributed by atoms with Crippen LogP contribution in [0.5, 0.6) is 0 Å². The predicted octanol–water partition coefficient (Wildman–Crippen LogP) is 5.31. The van der Waals surface area contributed by atoms with E-state index in [0.717, 1.165) is 62.2 Å². The fraction of sp³-hybridized carbons (Fsp3) is 0.500. The lowest BCUT2D eigenvalue weighted by Crippen LogP contribution is -2.40. The number of aryl methyl sites for hydroxylation is 1. The molecule has 1 aromatic carbocycles. The lowest BCUT2D eigenvalue weighted by molar-refractivity contribution is -0.121. The van der Waals surface area contributed by atoms with Crippen molar-refractivity contribution < 1.29 is 14.3 Å². The van der Waals surface area contributed by atoms with Crippen molar-refractivity contribution in [2.45, 2.75) is 52.0 Å². The third kappa shape index (κ3) is 5.30. The van der Waals surface area contributed by atoms with E-state index < -0.39 is 0 Å². The number of fused-ring (bicyclic) bond motifs is 1. The zero-order chi connectivity index (χ0) is 21.8. The highest BCUT2D eigenvalue weighted by atomic mass is 35.5. The molecule has 1 amide bonds. The Morgan fingerprint density at radius 3 is 2.74 bits per heavy atom. The number of ether oxygens (including phenoxy) is 1. The van der Waals surface area contributed by atoms with Crippen LogP contribution in [0.25, 0.3) is 0 Å². The molecule has 4 rings (SSSR count).